The van der Waals surface area contributed by atoms with Gasteiger partial charge in [0.25, 0.3) is 0 Å². The van der Waals surface area contributed by atoms with Crippen molar-refractivity contribution in [2.75, 3.05) is 4.72 Å². The lowest BCUT2D eigenvalue weighted by Crippen LogP contribution is -2.17. The molecule has 0 atom stereocenters. The number of anilines is 1. The predicted octanol–water partition coefficient (Wildman–Crippen LogP) is 7.12. The number of rotatable bonds is 3. The molecule has 0 unspecified atom stereocenters. The second-order valence-electron chi connectivity index (χ2n) is 6.74. The van der Waals surface area contributed by atoms with Gasteiger partial charge in [-0.25, -0.2) is 0 Å². The van der Waals surface area contributed by atoms with Crippen LogP contribution in [0.1, 0.15) is 24.0 Å². The van der Waals surface area contributed by atoms with Crippen LogP contribution in [0.2, 0.25) is 10.0 Å². The van der Waals surface area contributed by atoms with Crippen molar-refractivity contribution in [3.05, 3.63) is 62.0 Å². The quantitative estimate of drug-likeness (QED) is 0.416. The first kappa shape index (κ1) is 17.0. The average molecular weight is 468 g/mol. The highest BCUT2D eigenvalue weighted by Gasteiger charge is 2.50. The maximum Gasteiger partial charge on any atom is 0.183 e. The minimum atomic E-state index is 0.234. The number of aromatic nitrogens is 1. The number of halogens is 3. The fourth-order valence-corrected chi connectivity index (χ4v) is 5.32. The zero-order chi connectivity index (χ0) is 17.9. The van der Waals surface area contributed by atoms with Crippen LogP contribution in [0.5, 0.6) is 0 Å². The molecule has 3 nitrogen and oxygen atoms in total. The third kappa shape index (κ3) is 2.68. The Labute approximate surface area is 173 Å². The Kier molecular flexibility index (Phi) is 4.05. The van der Waals surface area contributed by atoms with E-state index in [2.05, 4.69) is 44.0 Å². The van der Waals surface area contributed by atoms with Crippen LogP contribution in [0.3, 0.4) is 0 Å². The van der Waals surface area contributed by atoms with E-state index >= 15 is 0 Å². The molecule has 0 amide bonds. The monoisotopic (exact) mass is 466 g/mol. The summed E-state index contributed by atoms with van der Waals surface area (Å²) in [6.07, 6.45) is 3.35. The highest BCUT2D eigenvalue weighted by atomic mass is 79.9. The summed E-state index contributed by atoms with van der Waals surface area (Å²) in [5.74, 6) is 1.60. The molecule has 5 rings (SSSR count). The van der Waals surface area contributed by atoms with Crippen LogP contribution < -0.4 is 4.72 Å². The Morgan fingerprint density at radius 3 is 2.65 bits per heavy atom. The van der Waals surface area contributed by atoms with Crippen molar-refractivity contribution >= 4 is 56.9 Å². The number of nitrogens with zero attached hydrogens (tertiary/aromatic N) is 1. The summed E-state index contributed by atoms with van der Waals surface area (Å²) in [5.41, 5.74) is 3.87. The van der Waals surface area contributed by atoms with Crippen LogP contribution in [0, 0.1) is 0 Å². The first-order chi connectivity index (χ1) is 12.6. The van der Waals surface area contributed by atoms with Crippen LogP contribution in [-0.2, 0) is 11.8 Å². The van der Waals surface area contributed by atoms with E-state index in [1.807, 2.05) is 18.2 Å². The molecule has 1 saturated carbocycles. The molecule has 1 heterocycles. The zero-order valence-corrected chi connectivity index (χ0v) is 17.4. The van der Waals surface area contributed by atoms with E-state index < -0.39 is 0 Å². The molecule has 1 spiro atoms. The van der Waals surface area contributed by atoms with E-state index in [9.17, 15) is 0 Å². The molecule has 3 aromatic rings. The normalized spacial score (nSPS) is 16.3. The summed E-state index contributed by atoms with van der Waals surface area (Å²) in [6, 6.07) is 11.9. The third-order valence-electron chi connectivity index (χ3n) is 5.12. The van der Waals surface area contributed by atoms with E-state index in [4.69, 9.17) is 27.7 Å². The highest BCUT2D eigenvalue weighted by Crippen LogP contribution is 2.58. The molecule has 1 aromatic heterocycles. The van der Waals surface area contributed by atoms with Crippen LogP contribution in [0.4, 0.5) is 5.82 Å². The molecule has 0 radical (unpaired) electrons. The number of benzene rings is 2. The molecule has 1 fully saturated rings. The lowest BCUT2D eigenvalue weighted by molar-refractivity contribution is 0.432. The number of hydrogen-bond acceptors (Lipinski definition) is 4. The number of hydrogen-bond donors (Lipinski definition) is 1. The van der Waals surface area contributed by atoms with Crippen LogP contribution in [-0.4, -0.2) is 5.16 Å². The molecule has 132 valence electrons. The largest absolute Gasteiger partial charge is 0.354 e. The van der Waals surface area contributed by atoms with E-state index in [-0.39, 0.29) is 5.41 Å². The Bertz CT molecular complexity index is 1010. The second-order valence-corrected chi connectivity index (χ2v) is 9.29. The first-order valence-corrected chi connectivity index (χ1v) is 10.6. The van der Waals surface area contributed by atoms with Crippen molar-refractivity contribution in [1.29, 1.82) is 0 Å². The summed E-state index contributed by atoms with van der Waals surface area (Å²) < 4.78 is 10.1. The van der Waals surface area contributed by atoms with Gasteiger partial charge in [0.1, 0.15) is 0 Å². The molecular formula is C19H13BrCl2N2OS. The smallest absolute Gasteiger partial charge is 0.183 e. The zero-order valence-electron chi connectivity index (χ0n) is 13.5. The standard InChI is InChI=1S/C19H13BrCl2N2OS/c20-10-4-5-13-11(8-10)16-12(9-19(13)6-7-19)18(23-25-16)24-26-17-14(21)2-1-3-15(17)22/h1-5,8H,6-7,9H2,(H,23,24). The molecule has 2 aliphatic carbocycles. The maximum absolute atomic E-state index is 6.26. The van der Waals surface area contributed by atoms with Crippen LogP contribution in [0.15, 0.2) is 50.3 Å². The van der Waals surface area contributed by atoms with Crippen molar-refractivity contribution in [2.45, 2.75) is 29.6 Å². The van der Waals surface area contributed by atoms with Gasteiger partial charge in [-0.15, -0.1) is 0 Å². The summed E-state index contributed by atoms with van der Waals surface area (Å²) in [4.78, 5) is 0.785. The van der Waals surface area contributed by atoms with Gasteiger partial charge in [0.2, 0.25) is 0 Å². The SMILES string of the molecule is Clc1cccc(Cl)c1SNc1noc2c1CC1(CC1)c1ccc(Br)cc1-2. The van der Waals surface area contributed by atoms with Gasteiger partial charge >= 0.3 is 0 Å². The summed E-state index contributed by atoms with van der Waals surface area (Å²) >= 11 is 17.5. The van der Waals surface area contributed by atoms with Gasteiger partial charge in [-0.05, 0) is 61.0 Å². The van der Waals surface area contributed by atoms with Crippen molar-refractivity contribution in [1.82, 2.24) is 5.16 Å². The fraction of sp³-hybridized carbons (Fsp3) is 0.211. The van der Waals surface area contributed by atoms with E-state index in [0.29, 0.717) is 10.0 Å². The van der Waals surface area contributed by atoms with Crippen molar-refractivity contribution in [2.24, 2.45) is 0 Å². The molecule has 0 saturated heterocycles. The van der Waals surface area contributed by atoms with Gasteiger partial charge < -0.3 is 9.25 Å². The Balaban J connectivity index is 1.51. The molecule has 7 heteroatoms. The Morgan fingerprint density at radius 2 is 1.92 bits per heavy atom. The lowest BCUT2D eigenvalue weighted by atomic mass is 9.79. The highest BCUT2D eigenvalue weighted by molar-refractivity contribution is 9.10. The average Bonchev–Trinajstić information content (AvgIpc) is 3.26. The molecular weight excluding hydrogens is 455 g/mol. The number of nitrogens with one attached hydrogen (secondary N) is 1. The second kappa shape index (κ2) is 6.20. The van der Waals surface area contributed by atoms with Crippen molar-refractivity contribution in [3.8, 4) is 11.3 Å². The number of fused-ring (bicyclic) bond motifs is 4. The summed E-state index contributed by atoms with van der Waals surface area (Å²) in [7, 11) is 0. The first-order valence-electron chi connectivity index (χ1n) is 8.23. The van der Waals surface area contributed by atoms with Crippen molar-refractivity contribution < 1.29 is 4.52 Å². The van der Waals surface area contributed by atoms with Gasteiger partial charge in [-0.2, -0.15) is 0 Å². The van der Waals surface area contributed by atoms with Crippen molar-refractivity contribution in [3.63, 3.8) is 0 Å². The minimum absolute atomic E-state index is 0.234. The Hall–Kier alpha value is -1.14. The molecule has 2 aliphatic rings. The van der Waals surface area contributed by atoms with E-state index in [1.54, 1.807) is 0 Å². The van der Waals surface area contributed by atoms with Gasteiger partial charge in [0.15, 0.2) is 11.6 Å². The fourth-order valence-electron chi connectivity index (χ4n) is 3.64. The topological polar surface area (TPSA) is 38.1 Å². The molecule has 0 aliphatic heterocycles. The van der Waals surface area contributed by atoms with Gasteiger partial charge in [0.05, 0.1) is 14.9 Å². The minimum Gasteiger partial charge on any atom is -0.354 e. The summed E-state index contributed by atoms with van der Waals surface area (Å²) in [6.45, 7) is 0. The van der Waals surface area contributed by atoms with Crippen LogP contribution in [0.25, 0.3) is 11.3 Å². The lowest BCUT2D eigenvalue weighted by Gasteiger charge is -2.24. The van der Waals surface area contributed by atoms with E-state index in [1.165, 1.54) is 30.4 Å². The maximum atomic E-state index is 6.26. The van der Waals surface area contributed by atoms with Crippen LogP contribution >= 0.6 is 51.1 Å². The van der Waals surface area contributed by atoms with E-state index in [0.717, 1.165) is 38.5 Å². The van der Waals surface area contributed by atoms with Gasteiger partial charge in [-0.1, -0.05) is 56.4 Å². The molecule has 26 heavy (non-hydrogen) atoms. The predicted molar refractivity (Wildman–Crippen MR) is 110 cm³/mol. The molecule has 0 bridgehead atoms. The summed E-state index contributed by atoms with van der Waals surface area (Å²) in [5, 5.41) is 5.51. The van der Waals surface area contributed by atoms with Gasteiger partial charge in [0, 0.05) is 21.0 Å². The van der Waals surface area contributed by atoms with Gasteiger partial charge in [-0.3, -0.25) is 0 Å². The Morgan fingerprint density at radius 1 is 1.15 bits per heavy atom. The molecule has 1 N–H and O–H groups in total. The third-order valence-corrected chi connectivity index (χ3v) is 7.41. The molecule has 2 aromatic carbocycles.